The van der Waals surface area contributed by atoms with Crippen LogP contribution >= 0.6 is 11.8 Å². The van der Waals surface area contributed by atoms with Crippen molar-refractivity contribution in [3.63, 3.8) is 0 Å². The molecule has 0 spiro atoms. The van der Waals surface area contributed by atoms with Crippen molar-refractivity contribution < 1.29 is 0 Å². The molecule has 2 fully saturated rings. The fourth-order valence-corrected chi connectivity index (χ4v) is 3.09. The Bertz CT molecular complexity index is 390. The summed E-state index contributed by atoms with van der Waals surface area (Å²) in [5, 5.41) is 3.66. The zero-order chi connectivity index (χ0) is 11.7. The lowest BCUT2D eigenvalue weighted by Gasteiger charge is -2.35. The summed E-state index contributed by atoms with van der Waals surface area (Å²) >= 11 is 1.82. The summed E-state index contributed by atoms with van der Waals surface area (Å²) in [5.41, 5.74) is 1.39. The molecule has 0 aromatic heterocycles. The second-order valence-electron chi connectivity index (χ2n) is 5.05. The molecule has 3 rings (SSSR count). The van der Waals surface area contributed by atoms with E-state index in [-0.39, 0.29) is 0 Å². The standard InChI is InChI=1S/C14H20N2S/c1-17-13-4-2-3-12(9-13)16-8-7-15-14(10-16)11-5-6-11/h2-4,9,11,14-15H,5-8,10H2,1H3. The van der Waals surface area contributed by atoms with Crippen LogP contribution in [-0.4, -0.2) is 31.9 Å². The lowest BCUT2D eigenvalue weighted by molar-refractivity contribution is 0.419. The number of hydrogen-bond donors (Lipinski definition) is 1. The van der Waals surface area contributed by atoms with Crippen LogP contribution in [0.5, 0.6) is 0 Å². The van der Waals surface area contributed by atoms with Crippen molar-refractivity contribution in [2.24, 2.45) is 5.92 Å². The SMILES string of the molecule is CSc1cccc(N2CCNC(C3CC3)C2)c1. The van der Waals surface area contributed by atoms with Gasteiger partial charge in [0, 0.05) is 36.3 Å². The van der Waals surface area contributed by atoms with Gasteiger partial charge in [-0.1, -0.05) is 6.07 Å². The maximum Gasteiger partial charge on any atom is 0.0378 e. The third kappa shape index (κ3) is 2.61. The van der Waals surface area contributed by atoms with Gasteiger partial charge in [0.1, 0.15) is 0 Å². The van der Waals surface area contributed by atoms with E-state index in [0.717, 1.165) is 25.0 Å². The first-order chi connectivity index (χ1) is 8.36. The Balaban J connectivity index is 1.73. The van der Waals surface area contributed by atoms with Gasteiger partial charge in [-0.3, -0.25) is 0 Å². The number of anilines is 1. The number of piperazine rings is 1. The first-order valence-corrected chi connectivity index (χ1v) is 7.71. The van der Waals surface area contributed by atoms with E-state index in [1.807, 2.05) is 11.8 Å². The molecule has 1 saturated heterocycles. The molecule has 2 aliphatic rings. The molecule has 1 aromatic rings. The van der Waals surface area contributed by atoms with E-state index in [2.05, 4.69) is 40.7 Å². The molecule has 1 saturated carbocycles. The summed E-state index contributed by atoms with van der Waals surface area (Å²) in [6.45, 7) is 3.45. The minimum atomic E-state index is 0.724. The van der Waals surface area contributed by atoms with E-state index < -0.39 is 0 Å². The van der Waals surface area contributed by atoms with Crippen molar-refractivity contribution in [1.82, 2.24) is 5.32 Å². The monoisotopic (exact) mass is 248 g/mol. The molecule has 1 aliphatic heterocycles. The summed E-state index contributed by atoms with van der Waals surface area (Å²) in [4.78, 5) is 3.91. The van der Waals surface area contributed by atoms with Crippen LogP contribution in [0.15, 0.2) is 29.2 Å². The molecular formula is C14H20N2S. The molecule has 1 atom stereocenters. The Labute approximate surface area is 108 Å². The van der Waals surface area contributed by atoms with E-state index in [9.17, 15) is 0 Å². The van der Waals surface area contributed by atoms with Crippen LogP contribution in [0.4, 0.5) is 5.69 Å². The zero-order valence-corrected chi connectivity index (χ0v) is 11.2. The Kier molecular flexibility index (Phi) is 3.30. The van der Waals surface area contributed by atoms with Crippen LogP contribution in [0.3, 0.4) is 0 Å². The van der Waals surface area contributed by atoms with Crippen LogP contribution < -0.4 is 10.2 Å². The van der Waals surface area contributed by atoms with Gasteiger partial charge >= 0.3 is 0 Å². The lowest BCUT2D eigenvalue weighted by Crippen LogP contribution is -2.51. The Morgan fingerprint density at radius 2 is 2.24 bits per heavy atom. The number of nitrogens with zero attached hydrogens (tertiary/aromatic N) is 1. The van der Waals surface area contributed by atoms with Crippen molar-refractivity contribution in [2.45, 2.75) is 23.8 Å². The summed E-state index contributed by atoms with van der Waals surface area (Å²) in [7, 11) is 0. The molecule has 0 amide bonds. The molecule has 0 bridgehead atoms. The van der Waals surface area contributed by atoms with Crippen LogP contribution in [0.1, 0.15) is 12.8 Å². The number of benzene rings is 1. The molecule has 17 heavy (non-hydrogen) atoms. The number of hydrogen-bond acceptors (Lipinski definition) is 3. The quantitative estimate of drug-likeness (QED) is 0.828. The van der Waals surface area contributed by atoms with Crippen molar-refractivity contribution >= 4 is 17.4 Å². The molecule has 0 radical (unpaired) electrons. The average molecular weight is 248 g/mol. The predicted octanol–water partition coefficient (Wildman–Crippen LogP) is 2.60. The molecule has 1 aromatic carbocycles. The van der Waals surface area contributed by atoms with E-state index >= 15 is 0 Å². The number of thioether (sulfide) groups is 1. The topological polar surface area (TPSA) is 15.3 Å². The first-order valence-electron chi connectivity index (χ1n) is 6.49. The molecule has 1 unspecified atom stereocenters. The van der Waals surface area contributed by atoms with Gasteiger partial charge in [-0.2, -0.15) is 0 Å². The van der Waals surface area contributed by atoms with Gasteiger partial charge < -0.3 is 10.2 Å². The molecule has 1 heterocycles. The van der Waals surface area contributed by atoms with E-state index in [4.69, 9.17) is 0 Å². The first kappa shape index (κ1) is 11.4. The second-order valence-corrected chi connectivity index (χ2v) is 5.93. The van der Waals surface area contributed by atoms with Crippen molar-refractivity contribution in [3.8, 4) is 0 Å². The highest BCUT2D eigenvalue weighted by Crippen LogP contribution is 2.34. The average Bonchev–Trinajstić information content (AvgIpc) is 3.23. The van der Waals surface area contributed by atoms with Crippen LogP contribution in [-0.2, 0) is 0 Å². The minimum Gasteiger partial charge on any atom is -0.369 e. The summed E-state index contributed by atoms with van der Waals surface area (Å²) in [6, 6.07) is 9.65. The smallest absolute Gasteiger partial charge is 0.0378 e. The number of rotatable bonds is 3. The fraction of sp³-hybridized carbons (Fsp3) is 0.571. The Morgan fingerprint density at radius 3 is 3.00 bits per heavy atom. The second kappa shape index (κ2) is 4.91. The maximum atomic E-state index is 3.66. The van der Waals surface area contributed by atoms with E-state index in [1.54, 1.807) is 0 Å². The summed E-state index contributed by atoms with van der Waals surface area (Å²) in [5.74, 6) is 0.946. The van der Waals surface area contributed by atoms with Crippen molar-refractivity contribution in [3.05, 3.63) is 24.3 Å². The molecule has 3 heteroatoms. The molecule has 1 N–H and O–H groups in total. The number of nitrogens with one attached hydrogen (secondary N) is 1. The third-order valence-corrected chi connectivity index (χ3v) is 4.54. The molecular weight excluding hydrogens is 228 g/mol. The van der Waals surface area contributed by atoms with Gasteiger partial charge in [-0.25, -0.2) is 0 Å². The third-order valence-electron chi connectivity index (χ3n) is 3.81. The molecule has 2 nitrogen and oxygen atoms in total. The van der Waals surface area contributed by atoms with Gasteiger partial charge in [0.05, 0.1) is 0 Å². The Hall–Kier alpha value is -0.670. The summed E-state index contributed by atoms with van der Waals surface area (Å²) in [6.07, 6.45) is 5.00. The highest BCUT2D eigenvalue weighted by molar-refractivity contribution is 7.98. The van der Waals surface area contributed by atoms with E-state index in [1.165, 1.54) is 30.0 Å². The van der Waals surface area contributed by atoms with Crippen LogP contribution in [0.25, 0.3) is 0 Å². The van der Waals surface area contributed by atoms with E-state index in [0.29, 0.717) is 0 Å². The predicted molar refractivity (Wildman–Crippen MR) is 75.0 cm³/mol. The van der Waals surface area contributed by atoms with Crippen LogP contribution in [0, 0.1) is 5.92 Å². The lowest BCUT2D eigenvalue weighted by atomic mass is 10.1. The van der Waals surface area contributed by atoms with Gasteiger partial charge in [0.25, 0.3) is 0 Å². The summed E-state index contributed by atoms with van der Waals surface area (Å²) < 4.78 is 0. The van der Waals surface area contributed by atoms with Crippen molar-refractivity contribution in [2.75, 3.05) is 30.8 Å². The fourth-order valence-electron chi connectivity index (χ4n) is 2.63. The minimum absolute atomic E-state index is 0.724. The molecule has 1 aliphatic carbocycles. The van der Waals surface area contributed by atoms with Gasteiger partial charge in [0.15, 0.2) is 0 Å². The normalized spacial score (nSPS) is 25.0. The zero-order valence-electron chi connectivity index (χ0n) is 10.4. The van der Waals surface area contributed by atoms with Gasteiger partial charge in [-0.05, 0) is 43.2 Å². The van der Waals surface area contributed by atoms with Crippen LogP contribution in [0.2, 0.25) is 0 Å². The Morgan fingerprint density at radius 1 is 1.35 bits per heavy atom. The highest BCUT2D eigenvalue weighted by Gasteiger charge is 2.33. The molecule has 92 valence electrons. The van der Waals surface area contributed by atoms with Gasteiger partial charge in [0.2, 0.25) is 0 Å². The maximum absolute atomic E-state index is 3.66. The largest absolute Gasteiger partial charge is 0.369 e. The van der Waals surface area contributed by atoms with Crippen molar-refractivity contribution in [1.29, 1.82) is 0 Å². The van der Waals surface area contributed by atoms with Gasteiger partial charge in [-0.15, -0.1) is 11.8 Å². The highest BCUT2D eigenvalue weighted by atomic mass is 32.2.